The van der Waals surface area contributed by atoms with Gasteiger partial charge < -0.3 is 10.1 Å². The Morgan fingerprint density at radius 2 is 2.27 bits per heavy atom. The normalized spacial score (nSPS) is 20.5. The first-order valence-corrected chi connectivity index (χ1v) is 5.69. The summed E-state index contributed by atoms with van der Waals surface area (Å²) in [6, 6.07) is 6.90. The van der Waals surface area contributed by atoms with E-state index in [4.69, 9.17) is 4.74 Å². The van der Waals surface area contributed by atoms with Crippen molar-refractivity contribution < 1.29 is 4.74 Å². The average Bonchev–Trinajstić information content (AvgIpc) is 2.72. The fourth-order valence-electron chi connectivity index (χ4n) is 1.95. The van der Waals surface area contributed by atoms with E-state index in [1.54, 1.807) is 0 Å². The molecule has 2 rings (SSSR count). The molecule has 1 N–H and O–H groups in total. The first kappa shape index (κ1) is 10.5. The quantitative estimate of drug-likeness (QED) is 0.818. The smallest absolute Gasteiger partial charge is 0.122 e. The van der Waals surface area contributed by atoms with Crippen molar-refractivity contribution in [3.63, 3.8) is 0 Å². The minimum absolute atomic E-state index is 0.546. The predicted molar refractivity (Wildman–Crippen MR) is 62.4 cm³/mol. The molecule has 0 bridgehead atoms. The summed E-state index contributed by atoms with van der Waals surface area (Å²) < 4.78 is 5.84. The summed E-state index contributed by atoms with van der Waals surface area (Å²) in [4.78, 5) is 0. The predicted octanol–water partition coefficient (Wildman–Crippen LogP) is 2.43. The van der Waals surface area contributed by atoms with Gasteiger partial charge in [0.25, 0.3) is 0 Å². The van der Waals surface area contributed by atoms with Crippen LogP contribution in [-0.4, -0.2) is 19.2 Å². The SMILES string of the molecule is Cc1ccc(C)c(OC[C@@H]2CCCN2)c1. The Bertz CT molecular complexity index is 329. The number of hydrogen-bond acceptors (Lipinski definition) is 2. The molecule has 2 nitrogen and oxygen atoms in total. The Morgan fingerprint density at radius 1 is 1.40 bits per heavy atom. The molecule has 15 heavy (non-hydrogen) atoms. The Kier molecular flexibility index (Phi) is 3.27. The molecule has 1 aliphatic rings. The van der Waals surface area contributed by atoms with Crippen LogP contribution < -0.4 is 10.1 Å². The van der Waals surface area contributed by atoms with Crippen molar-refractivity contribution in [1.29, 1.82) is 0 Å². The van der Waals surface area contributed by atoms with Gasteiger partial charge in [0, 0.05) is 6.04 Å². The Hall–Kier alpha value is -1.02. The molecule has 1 atom stereocenters. The zero-order chi connectivity index (χ0) is 10.7. The number of nitrogens with one attached hydrogen (secondary N) is 1. The summed E-state index contributed by atoms with van der Waals surface area (Å²) >= 11 is 0. The Balaban J connectivity index is 1.94. The van der Waals surface area contributed by atoms with Gasteiger partial charge in [-0.05, 0) is 50.4 Å². The van der Waals surface area contributed by atoms with Gasteiger partial charge in [0.1, 0.15) is 12.4 Å². The lowest BCUT2D eigenvalue weighted by molar-refractivity contribution is 0.275. The second-order valence-electron chi connectivity index (χ2n) is 4.37. The highest BCUT2D eigenvalue weighted by atomic mass is 16.5. The number of benzene rings is 1. The standard InChI is InChI=1S/C13H19NO/c1-10-5-6-11(2)13(8-10)15-9-12-4-3-7-14-12/h5-6,8,12,14H,3-4,7,9H2,1-2H3/t12-/m0/s1. The van der Waals surface area contributed by atoms with Gasteiger partial charge in [-0.1, -0.05) is 12.1 Å². The lowest BCUT2D eigenvalue weighted by atomic mass is 10.1. The average molecular weight is 205 g/mol. The van der Waals surface area contributed by atoms with Crippen LogP contribution in [0.2, 0.25) is 0 Å². The molecule has 0 saturated carbocycles. The first-order valence-electron chi connectivity index (χ1n) is 5.69. The molecule has 1 aromatic rings. The topological polar surface area (TPSA) is 21.3 Å². The summed E-state index contributed by atoms with van der Waals surface area (Å²) in [6.07, 6.45) is 2.52. The van der Waals surface area contributed by atoms with Gasteiger partial charge in [-0.15, -0.1) is 0 Å². The van der Waals surface area contributed by atoms with Crippen LogP contribution in [0.5, 0.6) is 5.75 Å². The second kappa shape index (κ2) is 4.67. The van der Waals surface area contributed by atoms with E-state index in [-0.39, 0.29) is 0 Å². The molecule has 0 spiro atoms. The van der Waals surface area contributed by atoms with E-state index in [9.17, 15) is 0 Å². The van der Waals surface area contributed by atoms with Gasteiger partial charge in [0.2, 0.25) is 0 Å². The Morgan fingerprint density at radius 3 is 3.00 bits per heavy atom. The summed E-state index contributed by atoms with van der Waals surface area (Å²) in [5.41, 5.74) is 2.48. The zero-order valence-electron chi connectivity index (χ0n) is 9.55. The van der Waals surface area contributed by atoms with Crippen molar-refractivity contribution in [2.24, 2.45) is 0 Å². The van der Waals surface area contributed by atoms with E-state index < -0.39 is 0 Å². The number of rotatable bonds is 3. The molecule has 0 unspecified atom stereocenters. The number of hydrogen-bond donors (Lipinski definition) is 1. The van der Waals surface area contributed by atoms with E-state index in [1.165, 1.54) is 24.0 Å². The fraction of sp³-hybridized carbons (Fsp3) is 0.538. The first-order chi connectivity index (χ1) is 7.25. The zero-order valence-corrected chi connectivity index (χ0v) is 9.55. The molecule has 0 aromatic heterocycles. The summed E-state index contributed by atoms with van der Waals surface area (Å²) in [5.74, 6) is 1.03. The van der Waals surface area contributed by atoms with Crippen molar-refractivity contribution in [1.82, 2.24) is 5.32 Å². The lowest BCUT2D eigenvalue weighted by Crippen LogP contribution is -2.28. The minimum Gasteiger partial charge on any atom is -0.492 e. The van der Waals surface area contributed by atoms with Gasteiger partial charge >= 0.3 is 0 Å². The third-order valence-electron chi connectivity index (χ3n) is 2.95. The van der Waals surface area contributed by atoms with E-state index in [0.717, 1.165) is 18.9 Å². The highest BCUT2D eigenvalue weighted by Gasteiger charge is 2.14. The van der Waals surface area contributed by atoms with Crippen LogP contribution in [0, 0.1) is 13.8 Å². The molecule has 1 saturated heterocycles. The molecule has 1 fully saturated rings. The van der Waals surface area contributed by atoms with Crippen LogP contribution in [0.3, 0.4) is 0 Å². The maximum absolute atomic E-state index is 5.84. The van der Waals surface area contributed by atoms with Crippen LogP contribution in [0.4, 0.5) is 0 Å². The van der Waals surface area contributed by atoms with Crippen molar-refractivity contribution in [3.8, 4) is 5.75 Å². The molecular formula is C13H19NO. The summed E-state index contributed by atoms with van der Waals surface area (Å²) in [5, 5.41) is 3.44. The van der Waals surface area contributed by atoms with Gasteiger partial charge in [-0.25, -0.2) is 0 Å². The fourth-order valence-corrected chi connectivity index (χ4v) is 1.95. The summed E-state index contributed by atoms with van der Waals surface area (Å²) in [6.45, 7) is 6.13. The maximum atomic E-state index is 5.84. The van der Waals surface area contributed by atoms with E-state index in [2.05, 4.69) is 37.4 Å². The van der Waals surface area contributed by atoms with Crippen LogP contribution in [0.1, 0.15) is 24.0 Å². The van der Waals surface area contributed by atoms with Gasteiger partial charge in [0.05, 0.1) is 0 Å². The molecule has 1 aromatic carbocycles. The molecule has 1 heterocycles. The largest absolute Gasteiger partial charge is 0.492 e. The third kappa shape index (κ3) is 2.72. The van der Waals surface area contributed by atoms with Crippen LogP contribution in [0.15, 0.2) is 18.2 Å². The van der Waals surface area contributed by atoms with Crippen LogP contribution in [-0.2, 0) is 0 Å². The van der Waals surface area contributed by atoms with Crippen molar-refractivity contribution >= 4 is 0 Å². The molecule has 0 radical (unpaired) electrons. The van der Waals surface area contributed by atoms with Crippen LogP contribution in [0.25, 0.3) is 0 Å². The Labute approximate surface area is 91.6 Å². The lowest BCUT2D eigenvalue weighted by Gasteiger charge is -2.14. The monoisotopic (exact) mass is 205 g/mol. The molecule has 82 valence electrons. The molecule has 1 aliphatic heterocycles. The van der Waals surface area contributed by atoms with Gasteiger partial charge in [0.15, 0.2) is 0 Å². The number of ether oxygens (including phenoxy) is 1. The highest BCUT2D eigenvalue weighted by molar-refractivity contribution is 5.35. The van der Waals surface area contributed by atoms with Crippen molar-refractivity contribution in [2.45, 2.75) is 32.7 Å². The van der Waals surface area contributed by atoms with Crippen LogP contribution >= 0.6 is 0 Å². The minimum atomic E-state index is 0.546. The van der Waals surface area contributed by atoms with Gasteiger partial charge in [-0.3, -0.25) is 0 Å². The highest BCUT2D eigenvalue weighted by Crippen LogP contribution is 2.19. The molecule has 2 heteroatoms. The third-order valence-corrected chi connectivity index (χ3v) is 2.95. The van der Waals surface area contributed by atoms with E-state index in [0.29, 0.717) is 6.04 Å². The van der Waals surface area contributed by atoms with E-state index >= 15 is 0 Å². The van der Waals surface area contributed by atoms with Crippen molar-refractivity contribution in [2.75, 3.05) is 13.2 Å². The molecular weight excluding hydrogens is 186 g/mol. The van der Waals surface area contributed by atoms with Crippen molar-refractivity contribution in [3.05, 3.63) is 29.3 Å². The maximum Gasteiger partial charge on any atom is 0.122 e. The summed E-state index contributed by atoms with van der Waals surface area (Å²) in [7, 11) is 0. The van der Waals surface area contributed by atoms with E-state index in [1.807, 2.05) is 0 Å². The van der Waals surface area contributed by atoms with Gasteiger partial charge in [-0.2, -0.15) is 0 Å². The molecule has 0 amide bonds. The number of aryl methyl sites for hydroxylation is 2. The second-order valence-corrected chi connectivity index (χ2v) is 4.37. The molecule has 0 aliphatic carbocycles.